The topological polar surface area (TPSA) is 128 Å². The third-order valence-electron chi connectivity index (χ3n) is 7.20. The average molecular weight is 544 g/mol. The standard InChI is InChI=1S/C30H45N3O6/c1-18-8-10-20(23(14-18)32-28(37)39-30(5,6)7)15-19-9-11-22-21(16-19)17-33(27(22)36)24(26(31)35)12-13-25(34)38-29(2,3)4/h9,11,16,18,20,23-24H,8,10,12-15,17H2,1-7H3,(H2,31,35)(H,32,37)/t18-,20+,23-,24-/m0/s1. The lowest BCUT2D eigenvalue weighted by molar-refractivity contribution is -0.155. The van der Waals surface area contributed by atoms with Gasteiger partial charge in [0.25, 0.3) is 5.91 Å². The van der Waals surface area contributed by atoms with Gasteiger partial charge in [0, 0.05) is 24.6 Å². The fourth-order valence-electron chi connectivity index (χ4n) is 5.50. The summed E-state index contributed by atoms with van der Waals surface area (Å²) in [7, 11) is 0. The van der Waals surface area contributed by atoms with E-state index in [-0.39, 0.29) is 37.3 Å². The molecular weight excluding hydrogens is 498 g/mol. The highest BCUT2D eigenvalue weighted by Crippen LogP contribution is 2.33. The Bertz CT molecular complexity index is 1090. The van der Waals surface area contributed by atoms with Crippen LogP contribution < -0.4 is 11.1 Å². The van der Waals surface area contributed by atoms with Crippen LogP contribution in [0.1, 0.15) is 102 Å². The van der Waals surface area contributed by atoms with Gasteiger partial charge >= 0.3 is 12.1 Å². The number of hydrogen-bond acceptors (Lipinski definition) is 6. The molecule has 1 heterocycles. The molecule has 2 aliphatic rings. The molecule has 3 rings (SSSR count). The van der Waals surface area contributed by atoms with E-state index in [0.29, 0.717) is 11.5 Å². The van der Waals surface area contributed by atoms with Crippen molar-refractivity contribution in [3.8, 4) is 0 Å². The van der Waals surface area contributed by atoms with E-state index in [1.54, 1.807) is 26.8 Å². The molecule has 1 aromatic carbocycles. The highest BCUT2D eigenvalue weighted by atomic mass is 16.6. The Kier molecular flexibility index (Phi) is 9.34. The summed E-state index contributed by atoms with van der Waals surface area (Å²) in [5.41, 5.74) is 6.91. The molecule has 1 saturated carbocycles. The lowest BCUT2D eigenvalue weighted by Gasteiger charge is -2.36. The second-order valence-electron chi connectivity index (χ2n) is 13.1. The maximum Gasteiger partial charge on any atom is 0.407 e. The van der Waals surface area contributed by atoms with Crippen molar-refractivity contribution >= 4 is 23.9 Å². The van der Waals surface area contributed by atoms with Crippen LogP contribution in [-0.2, 0) is 32.0 Å². The molecule has 3 amide bonds. The summed E-state index contributed by atoms with van der Waals surface area (Å²) in [5.74, 6) is -0.588. The van der Waals surface area contributed by atoms with Gasteiger partial charge in [0.2, 0.25) is 5.91 Å². The van der Waals surface area contributed by atoms with Crippen LogP contribution in [0.5, 0.6) is 0 Å². The average Bonchev–Trinajstić information content (AvgIpc) is 3.08. The Balaban J connectivity index is 1.69. The molecule has 9 nitrogen and oxygen atoms in total. The number of rotatable bonds is 8. The number of nitrogens with zero attached hydrogens (tertiary/aromatic N) is 1. The molecular formula is C30H45N3O6. The molecule has 9 heteroatoms. The SMILES string of the molecule is C[C@H]1CC[C@H](Cc2ccc3c(c2)CN([C@@H](CCC(=O)OC(C)(C)C)C(N)=O)C3=O)[C@@H](NC(=O)OC(C)(C)C)C1. The van der Waals surface area contributed by atoms with Crippen LogP contribution in [-0.4, -0.2) is 52.1 Å². The van der Waals surface area contributed by atoms with E-state index < -0.39 is 35.2 Å². The monoisotopic (exact) mass is 543 g/mol. The van der Waals surface area contributed by atoms with Crippen LogP contribution in [0.4, 0.5) is 4.79 Å². The predicted molar refractivity (Wildman–Crippen MR) is 148 cm³/mol. The van der Waals surface area contributed by atoms with Gasteiger partial charge in [-0.1, -0.05) is 25.5 Å². The van der Waals surface area contributed by atoms with Gasteiger partial charge in [0.15, 0.2) is 0 Å². The zero-order valence-electron chi connectivity index (χ0n) is 24.5. The van der Waals surface area contributed by atoms with Crippen molar-refractivity contribution in [2.75, 3.05) is 0 Å². The summed E-state index contributed by atoms with van der Waals surface area (Å²) >= 11 is 0. The number of hydrogen-bond donors (Lipinski definition) is 2. The minimum atomic E-state index is -0.900. The fraction of sp³-hybridized carbons (Fsp3) is 0.667. The van der Waals surface area contributed by atoms with E-state index in [1.807, 2.05) is 32.9 Å². The van der Waals surface area contributed by atoms with Gasteiger partial charge in [-0.25, -0.2) is 4.79 Å². The van der Waals surface area contributed by atoms with E-state index in [1.165, 1.54) is 4.90 Å². The van der Waals surface area contributed by atoms with Crippen molar-refractivity contribution in [3.63, 3.8) is 0 Å². The molecule has 1 fully saturated rings. The van der Waals surface area contributed by atoms with Gasteiger partial charge in [-0.2, -0.15) is 0 Å². The first kappa shape index (κ1) is 30.4. The van der Waals surface area contributed by atoms with Gasteiger partial charge in [0.1, 0.15) is 17.2 Å². The maximum atomic E-state index is 13.2. The highest BCUT2D eigenvalue weighted by Gasteiger charge is 2.37. The summed E-state index contributed by atoms with van der Waals surface area (Å²) < 4.78 is 10.8. The minimum absolute atomic E-state index is 0.00193. The van der Waals surface area contributed by atoms with E-state index in [4.69, 9.17) is 15.2 Å². The highest BCUT2D eigenvalue weighted by molar-refractivity contribution is 6.01. The van der Waals surface area contributed by atoms with E-state index in [9.17, 15) is 19.2 Å². The number of fused-ring (bicyclic) bond motifs is 1. The van der Waals surface area contributed by atoms with Crippen molar-refractivity contribution in [2.45, 2.75) is 117 Å². The Hall–Kier alpha value is -3.10. The smallest absolute Gasteiger partial charge is 0.407 e. The Morgan fingerprint density at radius 1 is 1.08 bits per heavy atom. The summed E-state index contributed by atoms with van der Waals surface area (Å²) in [6.07, 6.45) is 3.42. The van der Waals surface area contributed by atoms with Gasteiger partial charge < -0.3 is 25.4 Å². The molecule has 0 aromatic heterocycles. The molecule has 0 spiro atoms. The van der Waals surface area contributed by atoms with Crippen molar-refractivity contribution in [2.24, 2.45) is 17.6 Å². The molecule has 1 aromatic rings. The molecule has 1 aliphatic heterocycles. The predicted octanol–water partition coefficient (Wildman–Crippen LogP) is 4.49. The number of benzene rings is 1. The normalized spacial score (nSPS) is 22.2. The molecule has 3 N–H and O–H groups in total. The maximum absolute atomic E-state index is 13.2. The summed E-state index contributed by atoms with van der Waals surface area (Å²) in [4.78, 5) is 51.6. The van der Waals surface area contributed by atoms with Crippen LogP contribution >= 0.6 is 0 Å². The van der Waals surface area contributed by atoms with Crippen molar-refractivity contribution < 1.29 is 28.7 Å². The van der Waals surface area contributed by atoms with Crippen LogP contribution in [0.15, 0.2) is 18.2 Å². The van der Waals surface area contributed by atoms with Crippen molar-refractivity contribution in [1.82, 2.24) is 10.2 Å². The number of ether oxygens (including phenoxy) is 2. The number of nitrogens with one attached hydrogen (secondary N) is 1. The zero-order chi connectivity index (χ0) is 29.1. The van der Waals surface area contributed by atoms with Crippen LogP contribution in [0.25, 0.3) is 0 Å². The third-order valence-corrected chi connectivity index (χ3v) is 7.20. The summed E-state index contributed by atoms with van der Waals surface area (Å²) in [6.45, 7) is 13.3. The second kappa shape index (κ2) is 12.0. The molecule has 0 unspecified atom stereocenters. The van der Waals surface area contributed by atoms with Crippen molar-refractivity contribution in [3.05, 3.63) is 34.9 Å². The van der Waals surface area contributed by atoms with Crippen LogP contribution in [0.2, 0.25) is 0 Å². The molecule has 1 aliphatic carbocycles. The fourth-order valence-corrected chi connectivity index (χ4v) is 5.50. The zero-order valence-corrected chi connectivity index (χ0v) is 24.5. The quantitative estimate of drug-likeness (QED) is 0.465. The Morgan fingerprint density at radius 3 is 2.36 bits per heavy atom. The minimum Gasteiger partial charge on any atom is -0.460 e. The number of alkyl carbamates (subject to hydrolysis) is 1. The van der Waals surface area contributed by atoms with Gasteiger partial charge in [-0.15, -0.1) is 0 Å². The summed E-state index contributed by atoms with van der Waals surface area (Å²) in [5, 5.41) is 3.09. The van der Waals surface area contributed by atoms with Gasteiger partial charge in [-0.05, 0) is 96.3 Å². The first-order valence-electron chi connectivity index (χ1n) is 14.0. The first-order valence-corrected chi connectivity index (χ1v) is 14.0. The number of amides is 3. The van der Waals surface area contributed by atoms with Crippen LogP contribution in [0.3, 0.4) is 0 Å². The van der Waals surface area contributed by atoms with Crippen molar-refractivity contribution in [1.29, 1.82) is 0 Å². The molecule has 216 valence electrons. The van der Waals surface area contributed by atoms with E-state index in [0.717, 1.165) is 36.8 Å². The Labute approximate surface area is 232 Å². The molecule has 4 atom stereocenters. The van der Waals surface area contributed by atoms with E-state index in [2.05, 4.69) is 12.2 Å². The molecule has 0 saturated heterocycles. The number of esters is 1. The first-order chi connectivity index (χ1) is 18.0. The third kappa shape index (κ3) is 8.70. The van der Waals surface area contributed by atoms with Gasteiger partial charge in [-0.3, -0.25) is 14.4 Å². The van der Waals surface area contributed by atoms with Gasteiger partial charge in [0.05, 0.1) is 0 Å². The lowest BCUT2D eigenvalue weighted by Crippen LogP contribution is -2.46. The second-order valence-corrected chi connectivity index (χ2v) is 13.1. The summed E-state index contributed by atoms with van der Waals surface area (Å²) in [6, 6.07) is 4.87. The number of carbonyl (C=O) groups excluding carboxylic acids is 4. The largest absolute Gasteiger partial charge is 0.460 e. The number of primary amides is 1. The molecule has 0 radical (unpaired) electrons. The molecule has 39 heavy (non-hydrogen) atoms. The number of carbonyl (C=O) groups is 4. The lowest BCUT2D eigenvalue weighted by atomic mass is 9.76. The number of nitrogens with two attached hydrogens (primary N) is 1. The van der Waals surface area contributed by atoms with E-state index >= 15 is 0 Å². The van der Waals surface area contributed by atoms with Crippen LogP contribution in [0, 0.1) is 11.8 Å². The Morgan fingerprint density at radius 2 is 1.74 bits per heavy atom. The molecule has 0 bridgehead atoms.